The lowest BCUT2D eigenvalue weighted by Crippen LogP contribution is -2.43. The fraction of sp³-hybridized carbons (Fsp3) is 0.412. The Kier molecular flexibility index (Phi) is 2.93. The van der Waals surface area contributed by atoms with Crippen LogP contribution in [0.2, 0.25) is 0 Å². The van der Waals surface area contributed by atoms with Crippen LogP contribution >= 0.6 is 0 Å². The van der Waals surface area contributed by atoms with Gasteiger partial charge in [0.25, 0.3) is 5.91 Å². The van der Waals surface area contributed by atoms with Gasteiger partial charge < -0.3 is 10.6 Å². The number of carbonyl (C=O) groups is 1. The van der Waals surface area contributed by atoms with Crippen LogP contribution in [-0.2, 0) is 0 Å². The zero-order valence-corrected chi connectivity index (χ0v) is 12.1. The SMILES string of the molecule is Cc1ccc2cnc(C(=O)N[C@@H]3C[C@H]4CC[C@@H]3N4)cc2c1. The maximum atomic E-state index is 12.4. The molecule has 0 aliphatic carbocycles. The fourth-order valence-corrected chi connectivity index (χ4v) is 3.61. The molecule has 4 rings (SSSR count). The molecule has 1 aromatic heterocycles. The van der Waals surface area contributed by atoms with Gasteiger partial charge in [-0.15, -0.1) is 0 Å². The Morgan fingerprint density at radius 3 is 2.95 bits per heavy atom. The molecule has 0 spiro atoms. The second-order valence-corrected chi connectivity index (χ2v) is 6.28. The molecule has 4 heteroatoms. The van der Waals surface area contributed by atoms with Crippen LogP contribution in [-0.4, -0.2) is 29.0 Å². The first-order valence-electron chi connectivity index (χ1n) is 7.62. The van der Waals surface area contributed by atoms with Crippen molar-refractivity contribution in [3.05, 3.63) is 41.7 Å². The molecule has 0 saturated carbocycles. The molecule has 1 aromatic carbocycles. The summed E-state index contributed by atoms with van der Waals surface area (Å²) in [6.45, 7) is 2.06. The molecule has 4 nitrogen and oxygen atoms in total. The summed E-state index contributed by atoms with van der Waals surface area (Å²) in [6.07, 6.45) is 5.23. The number of pyridine rings is 1. The Labute approximate surface area is 124 Å². The lowest BCUT2D eigenvalue weighted by Gasteiger charge is -2.21. The van der Waals surface area contributed by atoms with Gasteiger partial charge in [0.15, 0.2) is 0 Å². The first kappa shape index (κ1) is 12.8. The smallest absolute Gasteiger partial charge is 0.270 e. The minimum absolute atomic E-state index is 0.0576. The van der Waals surface area contributed by atoms with Crippen LogP contribution < -0.4 is 10.6 Å². The highest BCUT2D eigenvalue weighted by Gasteiger charge is 2.39. The van der Waals surface area contributed by atoms with Gasteiger partial charge in [-0.1, -0.05) is 23.8 Å². The van der Waals surface area contributed by atoms with Crippen LogP contribution in [0.25, 0.3) is 10.8 Å². The molecule has 2 saturated heterocycles. The third-order valence-electron chi connectivity index (χ3n) is 4.73. The van der Waals surface area contributed by atoms with Crippen molar-refractivity contribution in [2.75, 3.05) is 0 Å². The summed E-state index contributed by atoms with van der Waals surface area (Å²) >= 11 is 0. The number of rotatable bonds is 2. The third kappa shape index (κ3) is 2.29. The van der Waals surface area contributed by atoms with E-state index >= 15 is 0 Å². The molecule has 2 bridgehead atoms. The molecular formula is C17H19N3O. The van der Waals surface area contributed by atoms with Gasteiger partial charge in [0.2, 0.25) is 0 Å². The minimum atomic E-state index is -0.0576. The van der Waals surface area contributed by atoms with E-state index < -0.39 is 0 Å². The highest BCUT2D eigenvalue weighted by Crippen LogP contribution is 2.28. The topological polar surface area (TPSA) is 54.0 Å². The third-order valence-corrected chi connectivity index (χ3v) is 4.73. The largest absolute Gasteiger partial charge is 0.346 e. The van der Waals surface area contributed by atoms with E-state index in [1.165, 1.54) is 18.4 Å². The van der Waals surface area contributed by atoms with E-state index in [9.17, 15) is 4.79 Å². The van der Waals surface area contributed by atoms with Crippen molar-refractivity contribution < 1.29 is 4.79 Å². The number of nitrogens with zero attached hydrogens (tertiary/aromatic N) is 1. The minimum Gasteiger partial charge on any atom is -0.346 e. The average molecular weight is 281 g/mol. The molecule has 108 valence electrons. The number of hydrogen-bond acceptors (Lipinski definition) is 3. The molecule has 0 radical (unpaired) electrons. The van der Waals surface area contributed by atoms with E-state index in [1.807, 2.05) is 12.1 Å². The van der Waals surface area contributed by atoms with Crippen molar-refractivity contribution in [3.63, 3.8) is 0 Å². The normalized spacial score (nSPS) is 27.2. The number of aromatic nitrogens is 1. The Morgan fingerprint density at radius 2 is 2.19 bits per heavy atom. The van der Waals surface area contributed by atoms with Gasteiger partial charge in [-0.25, -0.2) is 0 Å². The van der Waals surface area contributed by atoms with Crippen LogP contribution in [0, 0.1) is 6.92 Å². The molecule has 2 fully saturated rings. The van der Waals surface area contributed by atoms with Crippen LogP contribution in [0.5, 0.6) is 0 Å². The monoisotopic (exact) mass is 281 g/mol. The second kappa shape index (κ2) is 4.81. The highest BCUT2D eigenvalue weighted by atomic mass is 16.2. The van der Waals surface area contributed by atoms with Crippen LogP contribution in [0.3, 0.4) is 0 Å². The molecule has 3 atom stereocenters. The van der Waals surface area contributed by atoms with Crippen LogP contribution in [0.15, 0.2) is 30.5 Å². The van der Waals surface area contributed by atoms with E-state index in [2.05, 4.69) is 34.7 Å². The molecule has 2 aliphatic heterocycles. The van der Waals surface area contributed by atoms with Crippen molar-refractivity contribution in [2.24, 2.45) is 0 Å². The highest BCUT2D eigenvalue weighted by molar-refractivity contribution is 5.96. The van der Waals surface area contributed by atoms with Crippen LogP contribution in [0.1, 0.15) is 35.3 Å². The first-order chi connectivity index (χ1) is 10.2. The molecule has 21 heavy (non-hydrogen) atoms. The summed E-state index contributed by atoms with van der Waals surface area (Å²) in [7, 11) is 0. The molecule has 3 heterocycles. The average Bonchev–Trinajstić information content (AvgIpc) is 3.09. The summed E-state index contributed by atoms with van der Waals surface area (Å²) in [5, 5.41) is 8.82. The van der Waals surface area contributed by atoms with Gasteiger partial charge in [0.1, 0.15) is 5.69 Å². The zero-order valence-electron chi connectivity index (χ0n) is 12.1. The predicted octanol–water partition coefficient (Wildman–Crippen LogP) is 2.17. The lowest BCUT2D eigenvalue weighted by atomic mass is 9.95. The Morgan fingerprint density at radius 1 is 1.29 bits per heavy atom. The maximum Gasteiger partial charge on any atom is 0.270 e. The van der Waals surface area contributed by atoms with Crippen LogP contribution in [0.4, 0.5) is 0 Å². The van der Waals surface area contributed by atoms with Gasteiger partial charge >= 0.3 is 0 Å². The second-order valence-electron chi connectivity index (χ2n) is 6.28. The summed E-state index contributed by atoms with van der Waals surface area (Å²) in [6, 6.07) is 9.37. The van der Waals surface area contributed by atoms with Crippen molar-refractivity contribution in [3.8, 4) is 0 Å². The molecule has 1 amide bonds. The number of fused-ring (bicyclic) bond motifs is 3. The number of benzene rings is 1. The zero-order chi connectivity index (χ0) is 14.4. The molecule has 2 aliphatic rings. The van der Waals surface area contributed by atoms with Gasteiger partial charge in [0, 0.05) is 29.7 Å². The number of aryl methyl sites for hydroxylation is 1. The van der Waals surface area contributed by atoms with Gasteiger partial charge in [0.05, 0.1) is 0 Å². The molecule has 2 N–H and O–H groups in total. The first-order valence-corrected chi connectivity index (χ1v) is 7.62. The Balaban J connectivity index is 1.56. The number of hydrogen-bond donors (Lipinski definition) is 2. The van der Waals surface area contributed by atoms with E-state index in [-0.39, 0.29) is 11.9 Å². The van der Waals surface area contributed by atoms with Crippen molar-refractivity contribution in [2.45, 2.75) is 44.3 Å². The summed E-state index contributed by atoms with van der Waals surface area (Å²) < 4.78 is 0. The van der Waals surface area contributed by atoms with Crippen molar-refractivity contribution in [1.29, 1.82) is 0 Å². The van der Waals surface area contributed by atoms with E-state index in [4.69, 9.17) is 0 Å². The fourth-order valence-electron chi connectivity index (χ4n) is 3.61. The van der Waals surface area contributed by atoms with Gasteiger partial charge in [-0.3, -0.25) is 9.78 Å². The van der Waals surface area contributed by atoms with Crippen molar-refractivity contribution in [1.82, 2.24) is 15.6 Å². The van der Waals surface area contributed by atoms with Crippen molar-refractivity contribution >= 4 is 16.7 Å². The quantitative estimate of drug-likeness (QED) is 0.887. The van der Waals surface area contributed by atoms with Gasteiger partial charge in [-0.2, -0.15) is 0 Å². The summed E-state index contributed by atoms with van der Waals surface area (Å²) in [5.74, 6) is -0.0576. The van der Waals surface area contributed by atoms with E-state index in [0.29, 0.717) is 17.8 Å². The molecule has 2 aromatic rings. The standard InChI is InChI=1S/C17H19N3O/c1-10-2-3-11-9-18-16(7-12(11)6-10)17(21)20-15-8-13-4-5-14(15)19-13/h2-3,6-7,9,13-15,19H,4-5,8H2,1H3,(H,20,21)/t13-,14+,15-/m1/s1. The summed E-state index contributed by atoms with van der Waals surface area (Å²) in [5.41, 5.74) is 1.70. The molecule has 0 unspecified atom stereocenters. The lowest BCUT2D eigenvalue weighted by molar-refractivity contribution is 0.0926. The van der Waals surface area contributed by atoms with Gasteiger partial charge in [-0.05, 0) is 37.6 Å². The maximum absolute atomic E-state index is 12.4. The Bertz CT molecular complexity index is 712. The summed E-state index contributed by atoms with van der Waals surface area (Å²) in [4.78, 5) is 16.7. The Hall–Kier alpha value is -1.94. The number of carbonyl (C=O) groups excluding carboxylic acids is 1. The number of amides is 1. The molecular weight excluding hydrogens is 262 g/mol. The predicted molar refractivity (Wildman–Crippen MR) is 82.3 cm³/mol. The number of nitrogens with one attached hydrogen (secondary N) is 2. The van der Waals surface area contributed by atoms with E-state index in [1.54, 1.807) is 6.20 Å². The van der Waals surface area contributed by atoms with E-state index in [0.717, 1.165) is 17.2 Å².